The predicted octanol–water partition coefficient (Wildman–Crippen LogP) is 18.6. The van der Waals surface area contributed by atoms with Gasteiger partial charge in [-0.1, -0.05) is 26.0 Å². The Kier molecular flexibility index (Phi) is 50.3. The van der Waals surface area contributed by atoms with E-state index in [9.17, 15) is 0 Å². The van der Waals surface area contributed by atoms with Crippen molar-refractivity contribution in [3.63, 3.8) is 0 Å². The molecule has 0 saturated heterocycles. The molecule has 0 aliphatic heterocycles. The van der Waals surface area contributed by atoms with E-state index in [4.69, 9.17) is 0 Å². The molecule has 6 aromatic rings. The third-order valence-electron chi connectivity index (χ3n) is 11.5. The summed E-state index contributed by atoms with van der Waals surface area (Å²) in [6, 6.07) is 12.3. The normalized spacial score (nSPS) is 10.7. The van der Waals surface area contributed by atoms with Crippen LogP contribution in [0.3, 0.4) is 0 Å². The van der Waals surface area contributed by atoms with Crippen LogP contribution in [0.1, 0.15) is 139 Å². The summed E-state index contributed by atoms with van der Waals surface area (Å²) in [7, 11) is 0. The first kappa shape index (κ1) is 77.1. The minimum atomic E-state index is 0.669. The number of aromatic nitrogens is 3. The minimum absolute atomic E-state index is 0.669. The van der Waals surface area contributed by atoms with Gasteiger partial charge in [0, 0.05) is 94.6 Å². The number of rotatable bonds is 29. The van der Waals surface area contributed by atoms with Gasteiger partial charge in [-0.3, -0.25) is 4.98 Å². The molecule has 0 radical (unpaired) electrons. The summed E-state index contributed by atoms with van der Waals surface area (Å²) in [6.07, 6.45) is 17.6. The van der Waals surface area contributed by atoms with E-state index in [0.29, 0.717) is 11.5 Å². The molecule has 0 unspecified atom stereocenters. The Hall–Kier alpha value is 2.06. The van der Waals surface area contributed by atoms with Crippen molar-refractivity contribution in [3.05, 3.63) is 140 Å². The quantitative estimate of drug-likeness (QED) is 0.0168. The van der Waals surface area contributed by atoms with Gasteiger partial charge < -0.3 is 9.97 Å². The Morgan fingerprint density at radius 2 is 1.01 bits per heavy atom. The number of thiol groups is 15. The molecule has 436 valence electrons. The molecule has 77 heavy (non-hydrogen) atoms. The number of aryl methyl sites for hydroxylation is 3. The maximum atomic E-state index is 4.42. The molecule has 6 heterocycles. The van der Waals surface area contributed by atoms with Crippen LogP contribution < -0.4 is 0 Å². The Morgan fingerprint density at radius 3 is 1.44 bits per heavy atom. The van der Waals surface area contributed by atoms with Gasteiger partial charge in [-0.15, -0.1) is 22.7 Å². The predicted molar refractivity (Wildman–Crippen MR) is 405 cm³/mol. The second kappa shape index (κ2) is 50.2. The second-order valence-electron chi connectivity index (χ2n) is 17.9. The largest absolute Gasteiger partial charge is 0.364 e. The van der Waals surface area contributed by atoms with Gasteiger partial charge in [0.1, 0.15) is 0 Å². The Balaban J connectivity index is 0.000000479. The van der Waals surface area contributed by atoms with Crippen molar-refractivity contribution in [1.82, 2.24) is 15.0 Å². The molecule has 0 fully saturated rings. The highest BCUT2D eigenvalue weighted by molar-refractivity contribution is 7.82. The summed E-state index contributed by atoms with van der Waals surface area (Å²) in [5, 5.41) is 4.08. The fraction of sp³-hybridized carbons (Fsp3) is 0.554. The fourth-order valence-electron chi connectivity index (χ4n) is 7.85. The fourth-order valence-corrected chi connectivity index (χ4v) is 14.6. The summed E-state index contributed by atoms with van der Waals surface area (Å²) in [4.78, 5) is 16.8. The summed E-state index contributed by atoms with van der Waals surface area (Å²) in [6.45, 7) is 4.58. The minimum Gasteiger partial charge on any atom is -0.364 e. The molecule has 0 amide bonds. The van der Waals surface area contributed by atoms with Crippen LogP contribution in [0.4, 0.5) is 0 Å². The summed E-state index contributed by atoms with van der Waals surface area (Å²) >= 11 is 69.4. The Labute approximate surface area is 561 Å². The van der Waals surface area contributed by atoms with E-state index in [-0.39, 0.29) is 0 Å². The molecule has 0 bridgehead atoms. The van der Waals surface area contributed by atoms with Gasteiger partial charge in [0.05, 0.1) is 11.4 Å². The van der Waals surface area contributed by atoms with Gasteiger partial charge in [0.2, 0.25) is 0 Å². The first-order valence-corrected chi connectivity index (χ1v) is 38.1. The first-order chi connectivity index (χ1) is 37.4. The Bertz CT molecular complexity index is 2130. The number of aromatic amines is 2. The van der Waals surface area contributed by atoms with Crippen molar-refractivity contribution >= 4 is 223 Å². The average molecular weight is 1380 g/mol. The van der Waals surface area contributed by atoms with Crippen molar-refractivity contribution in [3.8, 4) is 0 Å². The van der Waals surface area contributed by atoms with E-state index < -0.39 is 0 Å². The molecule has 0 atom stereocenters. The van der Waals surface area contributed by atoms with Gasteiger partial charge in [0.25, 0.3) is 0 Å². The number of hydrogen-bond donors (Lipinski definition) is 17. The molecule has 0 aromatic carbocycles. The second-order valence-corrected chi connectivity index (χ2v) is 26.6. The van der Waals surface area contributed by atoms with Crippen LogP contribution in [0, 0.1) is 5.92 Å². The van der Waals surface area contributed by atoms with Crippen molar-refractivity contribution in [2.24, 2.45) is 5.92 Å². The highest BCUT2D eigenvalue weighted by atomic mass is 32.1. The van der Waals surface area contributed by atoms with E-state index in [1.54, 1.807) is 44.2 Å². The number of hydrogen-bond acceptors (Lipinski definition) is 19. The lowest BCUT2D eigenvalue weighted by Gasteiger charge is -2.08. The molecule has 0 aliphatic carbocycles. The third-order valence-corrected chi connectivity index (χ3v) is 19.7. The lowest BCUT2D eigenvalue weighted by atomic mass is 9.98. The molecule has 3 nitrogen and oxygen atoms in total. The third kappa shape index (κ3) is 32.4. The molecule has 6 rings (SSSR count). The zero-order valence-corrected chi connectivity index (χ0v) is 60.8. The molecule has 0 aliphatic rings. The highest BCUT2D eigenvalue weighted by Crippen LogP contribution is 2.33. The van der Waals surface area contributed by atoms with Crippen molar-refractivity contribution in [2.45, 2.75) is 149 Å². The van der Waals surface area contributed by atoms with E-state index in [2.05, 4.69) is 237 Å². The maximum absolute atomic E-state index is 4.42. The molecular formula is C56H89N3S18. The van der Waals surface area contributed by atoms with Crippen LogP contribution in [0.2, 0.25) is 0 Å². The van der Waals surface area contributed by atoms with Crippen molar-refractivity contribution < 1.29 is 0 Å². The first-order valence-electron chi connectivity index (χ1n) is 26.1. The molecule has 2 N–H and O–H groups in total. The van der Waals surface area contributed by atoms with Crippen LogP contribution >= 0.6 is 223 Å². The summed E-state index contributed by atoms with van der Waals surface area (Å²) < 4.78 is 0. The van der Waals surface area contributed by atoms with Crippen molar-refractivity contribution in [2.75, 3.05) is 34.5 Å². The molecular weight excluding hydrogens is 1290 g/mol. The van der Waals surface area contributed by atoms with Crippen LogP contribution in [0.15, 0.2) is 53.4 Å². The summed E-state index contributed by atoms with van der Waals surface area (Å²) in [5.41, 5.74) is 15.7. The van der Waals surface area contributed by atoms with Crippen molar-refractivity contribution in [1.29, 1.82) is 0 Å². The Morgan fingerprint density at radius 1 is 0.442 bits per heavy atom. The monoisotopic (exact) mass is 1380 g/mol. The zero-order valence-electron chi connectivity index (χ0n) is 45.0. The maximum Gasteiger partial charge on any atom is 0.0506 e. The van der Waals surface area contributed by atoms with Crippen LogP contribution in [-0.4, -0.2) is 49.5 Å². The SMILES string of the molecule is CC(C)Cc1sc(CCS)c(CCS)c1CCS.SCCCCc1c[nH]c(CCCCS)c1CCCCS.SCc1cc(CS)c(CS)[nH]1.SCc1cc(CS)c(CS)s1.SCc1cc(CS)nc(CS)c1.c1ccsc1. The van der Waals surface area contributed by atoms with E-state index >= 15 is 0 Å². The molecule has 6 aromatic heterocycles. The number of nitrogens with zero attached hydrogens (tertiary/aromatic N) is 1. The highest BCUT2D eigenvalue weighted by Gasteiger charge is 2.17. The number of nitrogens with one attached hydrogen (secondary N) is 2. The van der Waals surface area contributed by atoms with E-state index in [1.165, 1.54) is 107 Å². The van der Waals surface area contributed by atoms with Gasteiger partial charge in [-0.25, -0.2) is 0 Å². The lowest BCUT2D eigenvalue weighted by molar-refractivity contribution is 0.650. The van der Waals surface area contributed by atoms with E-state index in [1.807, 2.05) is 46.4 Å². The molecule has 0 saturated carbocycles. The molecule has 0 spiro atoms. The van der Waals surface area contributed by atoms with Crippen LogP contribution in [-0.2, 0) is 96.7 Å². The topological polar surface area (TPSA) is 44.5 Å². The van der Waals surface area contributed by atoms with E-state index in [0.717, 1.165) is 123 Å². The smallest absolute Gasteiger partial charge is 0.0506 e. The van der Waals surface area contributed by atoms with Gasteiger partial charge in [0.15, 0.2) is 0 Å². The zero-order chi connectivity index (χ0) is 57.2. The van der Waals surface area contributed by atoms with Gasteiger partial charge >= 0.3 is 0 Å². The van der Waals surface area contributed by atoms with Crippen LogP contribution in [0.5, 0.6) is 0 Å². The summed E-state index contributed by atoms with van der Waals surface area (Å²) in [5.74, 6) is 13.3. The number of H-pyrrole nitrogens is 2. The number of pyridine rings is 1. The van der Waals surface area contributed by atoms with Crippen LogP contribution in [0.25, 0.3) is 0 Å². The number of unbranched alkanes of at least 4 members (excludes halogenated alkanes) is 3. The lowest BCUT2D eigenvalue weighted by Crippen LogP contribution is -2.01. The molecule has 21 heteroatoms. The average Bonchev–Trinajstić information content (AvgIpc) is 4.33. The van der Waals surface area contributed by atoms with Gasteiger partial charge in [-0.05, 0) is 198 Å². The number of thiophene rings is 3. The standard InChI is InChI=1S/C16H29NS3.C14H24S4.C8H11NS3.C7H11NS3.C7H10S4.C4H4S/c18-10-4-1-7-14-13-17-16(9-3-6-12-20)15(14)8-2-5-11-19;1-10(2)9-14-12(4-7-16)11(3-6-15)13(18-14)5-8-17;10-3-6-1-7(4-11)9-8(2-6)5-12;9-2-5-1-6(3-10)8-7(5)4-11;8-2-5-1-6(3-9)11-7(5)4-10;1-2-4-5-3-1/h13,17-20H,1-12H2;10,15-17H,3-9H2,1-2H3;1-2,10-12H,3-5H2;1,8-11H,2-4H2;1,8-10H,2-4H2;1-4H. The van der Waals surface area contributed by atoms with Gasteiger partial charge in [-0.2, -0.15) is 201 Å².